The summed E-state index contributed by atoms with van der Waals surface area (Å²) < 4.78 is 39.2. The average molecular weight is 312 g/mol. The van der Waals surface area contributed by atoms with Crippen LogP contribution in [0.15, 0.2) is 41.4 Å². The molecule has 1 N–H and O–H groups in total. The molecule has 0 aliphatic carbocycles. The van der Waals surface area contributed by atoms with Crippen molar-refractivity contribution in [3.8, 4) is 6.07 Å². The molecular formula is C12H7ClFN3O2S. The van der Waals surface area contributed by atoms with Gasteiger partial charge in [-0.1, -0.05) is 11.6 Å². The Bertz CT molecular complexity index is 785. The fourth-order valence-corrected chi connectivity index (χ4v) is 3.00. The molecule has 8 heteroatoms. The van der Waals surface area contributed by atoms with Gasteiger partial charge in [0.05, 0.1) is 28.5 Å². The van der Waals surface area contributed by atoms with Gasteiger partial charge in [-0.2, -0.15) is 9.65 Å². The molecule has 0 fully saturated rings. The minimum absolute atomic E-state index is 0.0217. The standard InChI is InChI=1S/C12H7ClFN3O2S/c13-10-3-1-8(6-15)5-11(10)20(18,19)17-9-2-4-12(14)16-7-9/h1-5,7,17H. The van der Waals surface area contributed by atoms with Crippen LogP contribution in [0.5, 0.6) is 0 Å². The van der Waals surface area contributed by atoms with Crippen LogP contribution in [0.3, 0.4) is 0 Å². The molecule has 2 rings (SSSR count). The highest BCUT2D eigenvalue weighted by atomic mass is 35.5. The van der Waals surface area contributed by atoms with Crippen molar-refractivity contribution >= 4 is 27.3 Å². The van der Waals surface area contributed by atoms with Gasteiger partial charge in [-0.3, -0.25) is 4.72 Å². The molecule has 0 saturated carbocycles. The first kappa shape index (κ1) is 14.2. The second kappa shape index (κ2) is 5.45. The van der Waals surface area contributed by atoms with Crippen LogP contribution in [-0.4, -0.2) is 13.4 Å². The molecule has 0 radical (unpaired) electrons. The van der Waals surface area contributed by atoms with E-state index in [1.807, 2.05) is 6.07 Å². The maximum Gasteiger partial charge on any atom is 0.263 e. The lowest BCUT2D eigenvalue weighted by Gasteiger charge is -2.09. The largest absolute Gasteiger partial charge is 0.278 e. The maximum absolute atomic E-state index is 12.7. The molecule has 0 bridgehead atoms. The molecule has 0 atom stereocenters. The van der Waals surface area contributed by atoms with Crippen molar-refractivity contribution in [2.45, 2.75) is 4.90 Å². The molecule has 0 aliphatic rings. The summed E-state index contributed by atoms with van der Waals surface area (Å²) >= 11 is 5.82. The molecule has 0 unspecified atom stereocenters. The first-order valence-corrected chi connectivity index (χ1v) is 7.12. The van der Waals surface area contributed by atoms with E-state index in [0.717, 1.165) is 18.3 Å². The summed E-state index contributed by atoms with van der Waals surface area (Å²) in [6, 6.07) is 7.94. The van der Waals surface area contributed by atoms with Crippen LogP contribution in [-0.2, 0) is 10.0 Å². The number of rotatable bonds is 3. The minimum Gasteiger partial charge on any atom is -0.278 e. The number of nitriles is 1. The summed E-state index contributed by atoms with van der Waals surface area (Å²) in [5, 5.41) is 8.76. The summed E-state index contributed by atoms with van der Waals surface area (Å²) in [4.78, 5) is 3.10. The second-order valence-corrected chi connectivity index (χ2v) is 5.79. The van der Waals surface area contributed by atoms with Crippen LogP contribution < -0.4 is 4.72 Å². The van der Waals surface area contributed by atoms with E-state index in [1.165, 1.54) is 18.2 Å². The molecule has 1 heterocycles. The number of aromatic nitrogens is 1. The van der Waals surface area contributed by atoms with Crippen LogP contribution in [0.1, 0.15) is 5.56 Å². The van der Waals surface area contributed by atoms with Crippen molar-refractivity contribution in [1.82, 2.24) is 4.98 Å². The minimum atomic E-state index is -3.98. The molecule has 102 valence electrons. The third kappa shape index (κ3) is 3.04. The summed E-state index contributed by atoms with van der Waals surface area (Å²) in [5.41, 5.74) is 0.247. The molecule has 1 aromatic carbocycles. The Hall–Kier alpha value is -2.17. The molecule has 0 amide bonds. The monoisotopic (exact) mass is 311 g/mol. The average Bonchev–Trinajstić information content (AvgIpc) is 2.41. The normalized spacial score (nSPS) is 10.8. The van der Waals surface area contributed by atoms with Crippen molar-refractivity contribution in [3.05, 3.63) is 53.1 Å². The lowest BCUT2D eigenvalue weighted by atomic mass is 10.2. The van der Waals surface area contributed by atoms with Gasteiger partial charge < -0.3 is 0 Å². The molecule has 5 nitrogen and oxygen atoms in total. The predicted molar refractivity (Wildman–Crippen MR) is 71.2 cm³/mol. The van der Waals surface area contributed by atoms with E-state index in [0.29, 0.717) is 0 Å². The van der Waals surface area contributed by atoms with Gasteiger partial charge in [0.15, 0.2) is 0 Å². The first-order valence-electron chi connectivity index (χ1n) is 5.26. The number of nitrogens with one attached hydrogen (secondary N) is 1. The van der Waals surface area contributed by atoms with Gasteiger partial charge in [0.1, 0.15) is 4.90 Å². The van der Waals surface area contributed by atoms with Crippen molar-refractivity contribution in [2.24, 2.45) is 0 Å². The first-order chi connectivity index (χ1) is 9.42. The van der Waals surface area contributed by atoms with Crippen LogP contribution in [0.2, 0.25) is 5.02 Å². The fourth-order valence-electron chi connectivity index (χ4n) is 1.43. The van der Waals surface area contributed by atoms with E-state index < -0.39 is 16.0 Å². The lowest BCUT2D eigenvalue weighted by Crippen LogP contribution is -2.14. The van der Waals surface area contributed by atoms with Gasteiger partial charge in [0.25, 0.3) is 10.0 Å². The van der Waals surface area contributed by atoms with Crippen molar-refractivity contribution in [1.29, 1.82) is 5.26 Å². The van der Waals surface area contributed by atoms with Gasteiger partial charge in [0.2, 0.25) is 5.95 Å². The number of hydrogen-bond acceptors (Lipinski definition) is 4. The van der Waals surface area contributed by atoms with E-state index in [9.17, 15) is 12.8 Å². The van der Waals surface area contributed by atoms with Gasteiger partial charge in [-0.05, 0) is 30.3 Å². The quantitative estimate of drug-likeness (QED) is 0.883. The van der Waals surface area contributed by atoms with Gasteiger partial charge in [0, 0.05) is 0 Å². The topological polar surface area (TPSA) is 82.8 Å². The van der Waals surface area contributed by atoms with Gasteiger partial charge in [-0.25, -0.2) is 13.4 Å². The highest BCUT2D eigenvalue weighted by Crippen LogP contribution is 2.24. The number of hydrogen-bond donors (Lipinski definition) is 1. The van der Waals surface area contributed by atoms with E-state index in [2.05, 4.69) is 9.71 Å². The molecular weight excluding hydrogens is 305 g/mol. The van der Waals surface area contributed by atoms with Crippen LogP contribution in [0, 0.1) is 17.3 Å². The molecule has 0 aliphatic heterocycles. The summed E-state index contributed by atoms with van der Waals surface area (Å²) in [6.07, 6.45) is 1.04. The van der Waals surface area contributed by atoms with E-state index in [1.54, 1.807) is 0 Å². The zero-order valence-corrected chi connectivity index (χ0v) is 11.4. The van der Waals surface area contributed by atoms with Crippen molar-refractivity contribution < 1.29 is 12.8 Å². The number of halogens is 2. The number of pyridine rings is 1. The maximum atomic E-state index is 12.7. The third-order valence-corrected chi connectivity index (χ3v) is 4.19. The van der Waals surface area contributed by atoms with E-state index in [4.69, 9.17) is 16.9 Å². The smallest absolute Gasteiger partial charge is 0.263 e. The van der Waals surface area contributed by atoms with E-state index >= 15 is 0 Å². The Kier molecular flexibility index (Phi) is 3.88. The predicted octanol–water partition coefficient (Wildman–Crippen LogP) is 2.55. The zero-order chi connectivity index (χ0) is 14.8. The number of sulfonamides is 1. The van der Waals surface area contributed by atoms with Crippen LogP contribution >= 0.6 is 11.6 Å². The number of benzene rings is 1. The lowest BCUT2D eigenvalue weighted by molar-refractivity contribution is 0.583. The van der Waals surface area contributed by atoms with Crippen molar-refractivity contribution in [2.75, 3.05) is 4.72 Å². The van der Waals surface area contributed by atoms with Crippen LogP contribution in [0.25, 0.3) is 0 Å². The molecule has 0 spiro atoms. The summed E-state index contributed by atoms with van der Waals surface area (Å²) in [7, 11) is -3.98. The molecule has 20 heavy (non-hydrogen) atoms. The number of anilines is 1. The Balaban J connectivity index is 2.40. The Morgan fingerprint density at radius 1 is 1.30 bits per heavy atom. The number of nitrogens with zero attached hydrogens (tertiary/aromatic N) is 2. The highest BCUT2D eigenvalue weighted by molar-refractivity contribution is 7.92. The summed E-state index contributed by atoms with van der Waals surface area (Å²) in [6.45, 7) is 0. The molecule has 1 aromatic heterocycles. The molecule has 0 saturated heterocycles. The van der Waals surface area contributed by atoms with Crippen LogP contribution in [0.4, 0.5) is 10.1 Å². The third-order valence-electron chi connectivity index (χ3n) is 2.33. The Morgan fingerprint density at radius 2 is 2.05 bits per heavy atom. The summed E-state index contributed by atoms with van der Waals surface area (Å²) in [5.74, 6) is -0.725. The van der Waals surface area contributed by atoms with Gasteiger partial charge in [-0.15, -0.1) is 0 Å². The highest BCUT2D eigenvalue weighted by Gasteiger charge is 2.19. The second-order valence-electron chi connectivity index (χ2n) is 3.73. The van der Waals surface area contributed by atoms with Gasteiger partial charge >= 0.3 is 0 Å². The van der Waals surface area contributed by atoms with Crippen molar-refractivity contribution in [3.63, 3.8) is 0 Å². The Morgan fingerprint density at radius 3 is 2.65 bits per heavy atom. The Labute approximate surface area is 119 Å². The zero-order valence-electron chi connectivity index (χ0n) is 9.84. The molecule has 2 aromatic rings. The van der Waals surface area contributed by atoms with E-state index in [-0.39, 0.29) is 21.2 Å². The fraction of sp³-hybridized carbons (Fsp3) is 0. The SMILES string of the molecule is N#Cc1ccc(Cl)c(S(=O)(=O)Nc2ccc(F)nc2)c1.